The highest BCUT2D eigenvalue weighted by Crippen LogP contribution is 2.27. The standard InChI is InChI=1S/C15H18ClNOS/c1-11(17)15(13-6-2-3-7-14(13)16)18-9-8-12-5-4-10-19-12/h2-7,10-11,15H,8-9,17H2,1H3. The molecule has 1 aromatic carbocycles. The minimum absolute atomic E-state index is 0.0942. The Kier molecular flexibility index (Phi) is 5.40. The van der Waals surface area contributed by atoms with E-state index in [4.69, 9.17) is 22.1 Å². The first-order chi connectivity index (χ1) is 9.18. The molecule has 0 spiro atoms. The van der Waals surface area contributed by atoms with E-state index < -0.39 is 0 Å². The van der Waals surface area contributed by atoms with Crippen molar-refractivity contribution < 1.29 is 4.74 Å². The smallest absolute Gasteiger partial charge is 0.0987 e. The van der Waals surface area contributed by atoms with E-state index in [9.17, 15) is 0 Å². The number of nitrogens with two attached hydrogens (primary N) is 1. The molecule has 19 heavy (non-hydrogen) atoms. The number of halogens is 1. The SMILES string of the molecule is CC(N)C(OCCc1cccs1)c1ccccc1Cl. The molecule has 2 aromatic rings. The predicted octanol–water partition coefficient (Wildman–Crippen LogP) is 4.05. The van der Waals surface area contributed by atoms with E-state index in [1.165, 1.54) is 4.88 Å². The minimum Gasteiger partial charge on any atom is -0.371 e. The maximum Gasteiger partial charge on any atom is 0.0987 e. The van der Waals surface area contributed by atoms with Crippen LogP contribution in [0.3, 0.4) is 0 Å². The molecule has 2 unspecified atom stereocenters. The van der Waals surface area contributed by atoms with Gasteiger partial charge in [0.15, 0.2) is 0 Å². The van der Waals surface area contributed by atoms with E-state index in [1.807, 2.05) is 31.2 Å². The Labute approximate surface area is 123 Å². The molecule has 0 saturated carbocycles. The zero-order chi connectivity index (χ0) is 13.7. The van der Waals surface area contributed by atoms with Crippen LogP contribution < -0.4 is 5.73 Å². The van der Waals surface area contributed by atoms with Gasteiger partial charge in [0.25, 0.3) is 0 Å². The molecule has 2 rings (SSSR count). The van der Waals surface area contributed by atoms with E-state index in [-0.39, 0.29) is 12.1 Å². The Hall–Kier alpha value is -0.870. The van der Waals surface area contributed by atoms with Crippen molar-refractivity contribution in [3.63, 3.8) is 0 Å². The van der Waals surface area contributed by atoms with Crippen LogP contribution in [0.2, 0.25) is 5.02 Å². The van der Waals surface area contributed by atoms with Crippen molar-refractivity contribution in [3.05, 3.63) is 57.2 Å². The molecular weight excluding hydrogens is 278 g/mol. The first kappa shape index (κ1) is 14.5. The van der Waals surface area contributed by atoms with Crippen molar-refractivity contribution in [2.24, 2.45) is 5.73 Å². The average Bonchev–Trinajstić information content (AvgIpc) is 2.89. The third-order valence-corrected chi connectivity index (χ3v) is 4.20. The van der Waals surface area contributed by atoms with Crippen LogP contribution in [0.4, 0.5) is 0 Å². The Morgan fingerprint density at radius 2 is 2.05 bits per heavy atom. The normalized spacial score (nSPS) is 14.3. The van der Waals surface area contributed by atoms with E-state index in [1.54, 1.807) is 11.3 Å². The summed E-state index contributed by atoms with van der Waals surface area (Å²) in [7, 11) is 0. The monoisotopic (exact) mass is 295 g/mol. The van der Waals surface area contributed by atoms with Crippen LogP contribution >= 0.6 is 22.9 Å². The second-order valence-corrected chi connectivity index (χ2v) is 5.94. The molecule has 0 amide bonds. The van der Waals surface area contributed by atoms with Crippen LogP contribution in [0.15, 0.2) is 41.8 Å². The molecular formula is C15H18ClNOS. The molecule has 0 fully saturated rings. The second kappa shape index (κ2) is 7.06. The number of hydrogen-bond acceptors (Lipinski definition) is 3. The van der Waals surface area contributed by atoms with E-state index in [0.29, 0.717) is 11.6 Å². The Balaban J connectivity index is 1.99. The molecule has 1 aromatic heterocycles. The van der Waals surface area contributed by atoms with Crippen molar-refractivity contribution in [3.8, 4) is 0 Å². The van der Waals surface area contributed by atoms with Crippen LogP contribution in [-0.4, -0.2) is 12.6 Å². The van der Waals surface area contributed by atoms with Gasteiger partial charge in [0.1, 0.15) is 0 Å². The number of rotatable bonds is 6. The van der Waals surface area contributed by atoms with Gasteiger partial charge in [0.2, 0.25) is 0 Å². The summed E-state index contributed by atoms with van der Waals surface area (Å²) < 4.78 is 5.94. The summed E-state index contributed by atoms with van der Waals surface area (Å²) in [6.45, 7) is 2.59. The van der Waals surface area contributed by atoms with E-state index >= 15 is 0 Å². The largest absolute Gasteiger partial charge is 0.371 e. The Morgan fingerprint density at radius 1 is 1.26 bits per heavy atom. The van der Waals surface area contributed by atoms with Gasteiger partial charge in [-0.1, -0.05) is 35.9 Å². The molecule has 2 atom stereocenters. The lowest BCUT2D eigenvalue weighted by Gasteiger charge is -2.22. The molecule has 0 aliphatic rings. The van der Waals surface area contributed by atoms with Crippen LogP contribution in [-0.2, 0) is 11.2 Å². The summed E-state index contributed by atoms with van der Waals surface area (Å²) >= 11 is 7.95. The van der Waals surface area contributed by atoms with Gasteiger partial charge in [-0.2, -0.15) is 0 Å². The van der Waals surface area contributed by atoms with Crippen LogP contribution in [0.25, 0.3) is 0 Å². The molecule has 2 nitrogen and oxygen atoms in total. The Morgan fingerprint density at radius 3 is 2.68 bits per heavy atom. The lowest BCUT2D eigenvalue weighted by molar-refractivity contribution is 0.0407. The first-order valence-electron chi connectivity index (χ1n) is 6.32. The Bertz CT molecular complexity index is 499. The molecule has 0 saturated heterocycles. The number of hydrogen-bond donors (Lipinski definition) is 1. The van der Waals surface area contributed by atoms with Gasteiger partial charge in [0, 0.05) is 27.9 Å². The third-order valence-electron chi connectivity index (χ3n) is 2.92. The molecule has 0 aliphatic heterocycles. The lowest BCUT2D eigenvalue weighted by Crippen LogP contribution is -2.27. The summed E-state index contributed by atoms with van der Waals surface area (Å²) in [6.07, 6.45) is 0.749. The molecule has 2 N–H and O–H groups in total. The van der Waals surface area contributed by atoms with Crippen molar-refractivity contribution in [1.29, 1.82) is 0 Å². The van der Waals surface area contributed by atoms with Gasteiger partial charge in [-0.3, -0.25) is 0 Å². The van der Waals surface area contributed by atoms with E-state index in [0.717, 1.165) is 12.0 Å². The lowest BCUT2D eigenvalue weighted by atomic mass is 10.0. The maximum absolute atomic E-state index is 6.21. The maximum atomic E-state index is 6.21. The zero-order valence-electron chi connectivity index (χ0n) is 10.9. The summed E-state index contributed by atoms with van der Waals surface area (Å²) in [6, 6.07) is 11.8. The number of thiophene rings is 1. The number of ether oxygens (including phenoxy) is 1. The summed E-state index contributed by atoms with van der Waals surface area (Å²) in [5, 5.41) is 2.79. The highest BCUT2D eigenvalue weighted by atomic mass is 35.5. The van der Waals surface area contributed by atoms with E-state index in [2.05, 4.69) is 17.5 Å². The van der Waals surface area contributed by atoms with Crippen LogP contribution in [0.1, 0.15) is 23.5 Å². The van der Waals surface area contributed by atoms with Gasteiger partial charge in [-0.05, 0) is 24.4 Å². The van der Waals surface area contributed by atoms with Crippen molar-refractivity contribution >= 4 is 22.9 Å². The summed E-state index contributed by atoms with van der Waals surface area (Å²) in [5.74, 6) is 0. The zero-order valence-corrected chi connectivity index (χ0v) is 12.5. The van der Waals surface area contributed by atoms with Gasteiger partial charge >= 0.3 is 0 Å². The van der Waals surface area contributed by atoms with Crippen molar-refractivity contribution in [1.82, 2.24) is 0 Å². The molecule has 1 heterocycles. The van der Waals surface area contributed by atoms with Gasteiger partial charge in [-0.25, -0.2) is 0 Å². The fourth-order valence-electron chi connectivity index (χ4n) is 1.97. The van der Waals surface area contributed by atoms with Crippen LogP contribution in [0, 0.1) is 0 Å². The molecule has 0 radical (unpaired) electrons. The van der Waals surface area contributed by atoms with Gasteiger partial charge < -0.3 is 10.5 Å². The highest BCUT2D eigenvalue weighted by Gasteiger charge is 2.19. The van der Waals surface area contributed by atoms with Crippen LogP contribution in [0.5, 0.6) is 0 Å². The number of benzene rings is 1. The van der Waals surface area contributed by atoms with Gasteiger partial charge in [0.05, 0.1) is 12.7 Å². The quantitative estimate of drug-likeness (QED) is 0.872. The fourth-order valence-corrected chi connectivity index (χ4v) is 2.91. The third kappa shape index (κ3) is 4.05. The molecule has 4 heteroatoms. The molecule has 102 valence electrons. The van der Waals surface area contributed by atoms with Crippen molar-refractivity contribution in [2.75, 3.05) is 6.61 Å². The fraction of sp³-hybridized carbons (Fsp3) is 0.333. The van der Waals surface area contributed by atoms with Gasteiger partial charge in [-0.15, -0.1) is 11.3 Å². The average molecular weight is 296 g/mol. The summed E-state index contributed by atoms with van der Waals surface area (Å²) in [4.78, 5) is 1.32. The minimum atomic E-state index is -0.159. The molecule has 0 aliphatic carbocycles. The summed E-state index contributed by atoms with van der Waals surface area (Å²) in [5.41, 5.74) is 6.98. The second-order valence-electron chi connectivity index (χ2n) is 4.50. The molecule has 0 bridgehead atoms. The first-order valence-corrected chi connectivity index (χ1v) is 7.58. The highest BCUT2D eigenvalue weighted by molar-refractivity contribution is 7.09. The topological polar surface area (TPSA) is 35.2 Å². The predicted molar refractivity (Wildman–Crippen MR) is 81.8 cm³/mol. The van der Waals surface area contributed by atoms with Crippen molar-refractivity contribution in [2.45, 2.75) is 25.5 Å².